The zero-order valence-electron chi connectivity index (χ0n) is 16.1. The number of aromatic nitrogens is 2. The third-order valence-corrected chi connectivity index (χ3v) is 4.52. The number of fused-ring (bicyclic) bond motifs is 1. The third kappa shape index (κ3) is 4.48. The van der Waals surface area contributed by atoms with Crippen molar-refractivity contribution in [1.82, 2.24) is 15.3 Å². The molecule has 31 heavy (non-hydrogen) atoms. The fourth-order valence-electron chi connectivity index (χ4n) is 2.98. The van der Waals surface area contributed by atoms with Crippen molar-refractivity contribution >= 4 is 22.8 Å². The monoisotopic (exact) mass is 417 g/mol. The maximum atomic E-state index is 13.8. The SMILES string of the molecule is O=C(O)c1ccc(CNC(=O)c2cc(F)cnc2Oc2cccc3cccnc23)cc1. The molecule has 0 aliphatic rings. The molecule has 2 N–H and O–H groups in total. The van der Waals surface area contributed by atoms with Crippen molar-refractivity contribution in [3.8, 4) is 11.6 Å². The average Bonchev–Trinajstić information content (AvgIpc) is 2.79. The molecule has 0 spiro atoms. The molecule has 0 aliphatic carbocycles. The highest BCUT2D eigenvalue weighted by Crippen LogP contribution is 2.29. The molecule has 0 saturated carbocycles. The minimum absolute atomic E-state index is 0.0571. The van der Waals surface area contributed by atoms with Crippen LogP contribution in [0.5, 0.6) is 11.6 Å². The van der Waals surface area contributed by atoms with Crippen molar-refractivity contribution in [3.63, 3.8) is 0 Å². The van der Waals surface area contributed by atoms with Gasteiger partial charge in [-0.05, 0) is 35.9 Å². The number of nitrogens with one attached hydrogen (secondary N) is 1. The van der Waals surface area contributed by atoms with Gasteiger partial charge < -0.3 is 15.2 Å². The number of hydrogen-bond acceptors (Lipinski definition) is 5. The predicted molar refractivity (Wildman–Crippen MR) is 111 cm³/mol. The van der Waals surface area contributed by atoms with Crippen LogP contribution in [0.25, 0.3) is 10.9 Å². The number of para-hydroxylation sites is 1. The van der Waals surface area contributed by atoms with Crippen LogP contribution in [0.2, 0.25) is 0 Å². The van der Waals surface area contributed by atoms with Crippen LogP contribution < -0.4 is 10.1 Å². The number of ether oxygens (including phenoxy) is 1. The lowest BCUT2D eigenvalue weighted by atomic mass is 10.1. The summed E-state index contributed by atoms with van der Waals surface area (Å²) in [5, 5.41) is 12.5. The lowest BCUT2D eigenvalue weighted by molar-refractivity contribution is 0.0696. The molecule has 2 aromatic heterocycles. The molecule has 8 heteroatoms. The Morgan fingerprint density at radius 3 is 2.58 bits per heavy atom. The van der Waals surface area contributed by atoms with E-state index in [9.17, 15) is 14.0 Å². The van der Waals surface area contributed by atoms with Crippen molar-refractivity contribution in [2.75, 3.05) is 0 Å². The van der Waals surface area contributed by atoms with Crippen molar-refractivity contribution in [2.45, 2.75) is 6.54 Å². The summed E-state index contributed by atoms with van der Waals surface area (Å²) in [4.78, 5) is 31.9. The second-order valence-corrected chi connectivity index (χ2v) is 6.62. The normalized spacial score (nSPS) is 10.6. The molecule has 7 nitrogen and oxygen atoms in total. The largest absolute Gasteiger partial charge is 0.478 e. The van der Waals surface area contributed by atoms with Crippen LogP contribution >= 0.6 is 0 Å². The summed E-state index contributed by atoms with van der Waals surface area (Å²) in [6.07, 6.45) is 2.59. The minimum Gasteiger partial charge on any atom is -0.478 e. The summed E-state index contributed by atoms with van der Waals surface area (Å²) in [6, 6.07) is 16.1. The molecule has 0 saturated heterocycles. The number of benzene rings is 2. The van der Waals surface area contributed by atoms with Crippen LogP contribution in [-0.4, -0.2) is 27.0 Å². The summed E-state index contributed by atoms with van der Waals surface area (Å²) in [5.41, 5.74) is 1.34. The van der Waals surface area contributed by atoms with Crippen molar-refractivity contribution in [2.24, 2.45) is 0 Å². The van der Waals surface area contributed by atoms with Crippen LogP contribution in [0.4, 0.5) is 4.39 Å². The van der Waals surface area contributed by atoms with Crippen LogP contribution in [0.15, 0.2) is 73.1 Å². The molecule has 4 aromatic rings. The summed E-state index contributed by atoms with van der Waals surface area (Å²) in [7, 11) is 0. The molecule has 2 aromatic carbocycles. The smallest absolute Gasteiger partial charge is 0.335 e. The van der Waals surface area contributed by atoms with E-state index in [0.29, 0.717) is 16.8 Å². The number of halogens is 1. The Bertz CT molecular complexity index is 1270. The van der Waals surface area contributed by atoms with Gasteiger partial charge in [-0.25, -0.2) is 14.2 Å². The summed E-state index contributed by atoms with van der Waals surface area (Å²) in [5.74, 6) is -1.98. The first-order chi connectivity index (χ1) is 15.0. The lowest BCUT2D eigenvalue weighted by Gasteiger charge is -2.12. The van der Waals surface area contributed by atoms with Gasteiger partial charge in [0.2, 0.25) is 5.88 Å². The number of hydrogen-bond donors (Lipinski definition) is 2. The molecule has 0 radical (unpaired) electrons. The van der Waals surface area contributed by atoms with Crippen LogP contribution in [0.1, 0.15) is 26.3 Å². The molecule has 0 fully saturated rings. The van der Waals surface area contributed by atoms with E-state index < -0.39 is 17.7 Å². The van der Waals surface area contributed by atoms with Crippen molar-refractivity contribution in [1.29, 1.82) is 0 Å². The van der Waals surface area contributed by atoms with Gasteiger partial charge in [-0.3, -0.25) is 9.78 Å². The van der Waals surface area contributed by atoms with Crippen LogP contribution in [0.3, 0.4) is 0 Å². The quantitative estimate of drug-likeness (QED) is 0.488. The number of amides is 1. The average molecular weight is 417 g/mol. The first kappa shape index (κ1) is 20.0. The number of carbonyl (C=O) groups excluding carboxylic acids is 1. The maximum Gasteiger partial charge on any atom is 0.335 e. The molecule has 1 amide bonds. The zero-order chi connectivity index (χ0) is 21.8. The van der Waals surface area contributed by atoms with E-state index in [1.54, 1.807) is 36.5 Å². The number of carbonyl (C=O) groups is 2. The third-order valence-electron chi connectivity index (χ3n) is 4.52. The molecule has 0 atom stereocenters. The molecule has 0 aliphatic heterocycles. The lowest BCUT2D eigenvalue weighted by Crippen LogP contribution is -2.23. The van der Waals surface area contributed by atoms with Gasteiger partial charge in [0.15, 0.2) is 5.75 Å². The molecule has 2 heterocycles. The Morgan fingerprint density at radius 2 is 1.81 bits per heavy atom. The Balaban J connectivity index is 1.56. The van der Waals surface area contributed by atoms with E-state index in [-0.39, 0.29) is 23.6 Å². The van der Waals surface area contributed by atoms with E-state index in [1.807, 2.05) is 12.1 Å². The fourth-order valence-corrected chi connectivity index (χ4v) is 2.98. The fraction of sp³-hybridized carbons (Fsp3) is 0.0435. The van der Waals surface area contributed by atoms with Crippen LogP contribution in [0, 0.1) is 5.82 Å². The molecule has 154 valence electrons. The van der Waals surface area contributed by atoms with E-state index in [2.05, 4.69) is 15.3 Å². The molecule has 0 unspecified atom stereocenters. The Morgan fingerprint density at radius 1 is 1.03 bits per heavy atom. The Hall–Kier alpha value is -4.33. The van der Waals surface area contributed by atoms with Gasteiger partial charge in [-0.1, -0.05) is 30.3 Å². The first-order valence-electron chi connectivity index (χ1n) is 9.29. The number of nitrogens with zero attached hydrogens (tertiary/aromatic N) is 2. The minimum atomic E-state index is -1.04. The van der Waals surface area contributed by atoms with Gasteiger partial charge in [0, 0.05) is 18.1 Å². The molecular weight excluding hydrogens is 401 g/mol. The van der Waals surface area contributed by atoms with Gasteiger partial charge in [0.1, 0.15) is 16.9 Å². The number of carboxylic acids is 1. The number of rotatable bonds is 6. The highest BCUT2D eigenvalue weighted by Gasteiger charge is 2.17. The second-order valence-electron chi connectivity index (χ2n) is 6.62. The van der Waals surface area contributed by atoms with Gasteiger partial charge in [0.25, 0.3) is 5.91 Å². The second kappa shape index (κ2) is 8.58. The van der Waals surface area contributed by atoms with Gasteiger partial charge in [0.05, 0.1) is 11.8 Å². The van der Waals surface area contributed by atoms with Crippen molar-refractivity contribution in [3.05, 3.63) is 95.6 Å². The van der Waals surface area contributed by atoms with E-state index in [1.165, 1.54) is 12.1 Å². The topological polar surface area (TPSA) is 101 Å². The van der Waals surface area contributed by atoms with E-state index in [4.69, 9.17) is 9.84 Å². The maximum absolute atomic E-state index is 13.8. The molecule has 0 bridgehead atoms. The van der Waals surface area contributed by atoms with Gasteiger partial charge in [-0.2, -0.15) is 0 Å². The predicted octanol–water partition coefficient (Wildman–Crippen LogP) is 4.19. The number of pyridine rings is 2. The highest BCUT2D eigenvalue weighted by molar-refractivity contribution is 5.96. The Kier molecular flexibility index (Phi) is 5.53. The highest BCUT2D eigenvalue weighted by atomic mass is 19.1. The van der Waals surface area contributed by atoms with E-state index >= 15 is 0 Å². The Labute approximate surface area is 176 Å². The summed E-state index contributed by atoms with van der Waals surface area (Å²) >= 11 is 0. The molecular formula is C23H16FN3O4. The van der Waals surface area contributed by atoms with Crippen LogP contribution in [-0.2, 0) is 6.54 Å². The summed E-state index contributed by atoms with van der Waals surface area (Å²) in [6.45, 7) is 0.116. The number of aromatic carboxylic acids is 1. The summed E-state index contributed by atoms with van der Waals surface area (Å²) < 4.78 is 19.6. The standard InChI is InChI=1S/C23H16FN3O4/c24-17-11-18(21(28)26-12-14-6-8-16(9-7-14)23(29)30)22(27-13-17)31-19-5-1-3-15-4-2-10-25-20(15)19/h1-11,13H,12H2,(H,26,28)(H,29,30). The van der Waals surface area contributed by atoms with Gasteiger partial charge >= 0.3 is 5.97 Å². The molecule has 4 rings (SSSR count). The van der Waals surface area contributed by atoms with Crippen molar-refractivity contribution < 1.29 is 23.8 Å². The number of carboxylic acid groups (broad SMARTS) is 1. The van der Waals surface area contributed by atoms with Gasteiger partial charge in [-0.15, -0.1) is 0 Å². The van der Waals surface area contributed by atoms with E-state index in [0.717, 1.165) is 17.6 Å². The first-order valence-corrected chi connectivity index (χ1v) is 9.29. The zero-order valence-corrected chi connectivity index (χ0v) is 16.1.